The molecule has 0 saturated carbocycles. The number of anilines is 1. The molecule has 0 spiro atoms. The quantitative estimate of drug-likeness (QED) is 0.733. The Morgan fingerprint density at radius 3 is 2.43 bits per heavy atom. The van der Waals surface area contributed by atoms with Crippen LogP contribution in [0.3, 0.4) is 0 Å². The lowest BCUT2D eigenvalue weighted by atomic mass is 10.0. The maximum Gasteiger partial charge on any atom is 0.0726 e. The van der Waals surface area contributed by atoms with E-state index in [2.05, 4.69) is 67.7 Å². The van der Waals surface area contributed by atoms with E-state index >= 15 is 0 Å². The first-order valence-corrected chi connectivity index (χ1v) is 7.54. The van der Waals surface area contributed by atoms with Gasteiger partial charge in [0.05, 0.1) is 5.52 Å². The predicted octanol–water partition coefficient (Wildman–Crippen LogP) is 4.90. The lowest BCUT2D eigenvalue weighted by molar-refractivity contribution is 1.05. The van der Waals surface area contributed by atoms with Crippen molar-refractivity contribution >= 4 is 16.6 Å². The zero-order chi connectivity index (χ0) is 14.7. The summed E-state index contributed by atoms with van der Waals surface area (Å²) in [5, 5.41) is 4.65. The van der Waals surface area contributed by atoms with Crippen LogP contribution in [-0.2, 0) is 6.42 Å². The molecular weight excluding hydrogens is 256 g/mol. The fourth-order valence-electron chi connectivity index (χ4n) is 2.61. The monoisotopic (exact) mass is 276 g/mol. The number of benzene rings is 2. The van der Waals surface area contributed by atoms with Gasteiger partial charge in [-0.15, -0.1) is 0 Å². The molecule has 1 heterocycles. The average Bonchev–Trinajstić information content (AvgIpc) is 2.55. The molecule has 106 valence electrons. The minimum atomic E-state index is 0.915. The molecule has 0 amide bonds. The lowest BCUT2D eigenvalue weighted by Gasteiger charge is -2.11. The van der Waals surface area contributed by atoms with Crippen LogP contribution in [0.2, 0.25) is 0 Å². The minimum absolute atomic E-state index is 0.915. The summed E-state index contributed by atoms with van der Waals surface area (Å²) in [7, 11) is 0. The number of aromatic nitrogens is 1. The number of aryl methyl sites for hydroxylation is 1. The molecule has 0 fully saturated rings. The smallest absolute Gasteiger partial charge is 0.0726 e. The van der Waals surface area contributed by atoms with E-state index in [0.717, 1.165) is 24.2 Å². The van der Waals surface area contributed by atoms with E-state index in [4.69, 9.17) is 4.98 Å². The summed E-state index contributed by atoms with van der Waals surface area (Å²) in [5.74, 6) is 0. The number of hydrogen-bond donors (Lipinski definition) is 1. The van der Waals surface area contributed by atoms with Gasteiger partial charge in [-0.25, -0.2) is 0 Å². The van der Waals surface area contributed by atoms with Crippen molar-refractivity contribution in [2.45, 2.75) is 20.3 Å². The summed E-state index contributed by atoms with van der Waals surface area (Å²) in [6.45, 7) is 5.18. The van der Waals surface area contributed by atoms with E-state index in [-0.39, 0.29) is 0 Å². The molecule has 1 aromatic heterocycles. The summed E-state index contributed by atoms with van der Waals surface area (Å²) in [6, 6.07) is 19.1. The van der Waals surface area contributed by atoms with Gasteiger partial charge in [-0.2, -0.15) is 0 Å². The number of rotatable bonds is 4. The summed E-state index contributed by atoms with van der Waals surface area (Å²) in [5.41, 5.74) is 5.84. The molecule has 0 saturated heterocycles. The molecular formula is C19H20N2. The first-order valence-electron chi connectivity index (χ1n) is 7.54. The molecule has 0 aliphatic rings. The van der Waals surface area contributed by atoms with Crippen LogP contribution in [0.15, 0.2) is 54.6 Å². The molecule has 0 radical (unpaired) electrons. The van der Waals surface area contributed by atoms with Gasteiger partial charge < -0.3 is 5.32 Å². The van der Waals surface area contributed by atoms with Gasteiger partial charge in [0.2, 0.25) is 0 Å². The molecule has 3 aromatic rings. The van der Waals surface area contributed by atoms with Gasteiger partial charge in [-0.05, 0) is 42.7 Å². The molecule has 2 nitrogen and oxygen atoms in total. The molecule has 0 bridgehead atoms. The largest absolute Gasteiger partial charge is 0.385 e. The van der Waals surface area contributed by atoms with Crippen molar-refractivity contribution in [2.75, 3.05) is 11.9 Å². The van der Waals surface area contributed by atoms with Crippen LogP contribution < -0.4 is 5.32 Å². The van der Waals surface area contributed by atoms with Gasteiger partial charge >= 0.3 is 0 Å². The first-order chi connectivity index (χ1) is 10.3. The molecule has 0 aliphatic carbocycles. The highest BCUT2D eigenvalue weighted by Gasteiger charge is 2.06. The second-order valence-electron chi connectivity index (χ2n) is 5.14. The minimum Gasteiger partial charge on any atom is -0.385 e. The third-order valence-corrected chi connectivity index (χ3v) is 3.70. The van der Waals surface area contributed by atoms with Crippen LogP contribution in [-0.4, -0.2) is 11.5 Å². The number of fused-ring (bicyclic) bond motifs is 1. The fraction of sp³-hybridized carbons (Fsp3) is 0.211. The van der Waals surface area contributed by atoms with Crippen molar-refractivity contribution < 1.29 is 0 Å². The van der Waals surface area contributed by atoms with Crippen LogP contribution in [0, 0.1) is 0 Å². The SMILES string of the molecule is CCNc1cc(CC)nc2ccc(-c3ccccc3)cc12. The number of nitrogens with one attached hydrogen (secondary N) is 1. The predicted molar refractivity (Wildman–Crippen MR) is 90.7 cm³/mol. The van der Waals surface area contributed by atoms with E-state index in [0.29, 0.717) is 0 Å². The molecule has 0 atom stereocenters. The van der Waals surface area contributed by atoms with Gasteiger partial charge in [-0.1, -0.05) is 43.3 Å². The summed E-state index contributed by atoms with van der Waals surface area (Å²) >= 11 is 0. The van der Waals surface area contributed by atoms with Gasteiger partial charge in [0.15, 0.2) is 0 Å². The van der Waals surface area contributed by atoms with Crippen LogP contribution in [0.5, 0.6) is 0 Å². The first kappa shape index (κ1) is 13.6. The number of hydrogen-bond acceptors (Lipinski definition) is 2. The second kappa shape index (κ2) is 5.96. The molecule has 1 N–H and O–H groups in total. The van der Waals surface area contributed by atoms with Gasteiger partial charge in [-0.3, -0.25) is 4.98 Å². The molecule has 0 aliphatic heterocycles. The van der Waals surface area contributed by atoms with Crippen molar-refractivity contribution in [3.05, 3.63) is 60.3 Å². The molecule has 0 unspecified atom stereocenters. The highest BCUT2D eigenvalue weighted by Crippen LogP contribution is 2.29. The Kier molecular flexibility index (Phi) is 3.87. The number of nitrogens with zero attached hydrogens (tertiary/aromatic N) is 1. The van der Waals surface area contributed by atoms with E-state index in [1.165, 1.54) is 22.2 Å². The van der Waals surface area contributed by atoms with Crippen molar-refractivity contribution in [3.8, 4) is 11.1 Å². The zero-order valence-electron chi connectivity index (χ0n) is 12.6. The maximum absolute atomic E-state index is 4.73. The van der Waals surface area contributed by atoms with E-state index in [1.54, 1.807) is 0 Å². The highest BCUT2D eigenvalue weighted by molar-refractivity contribution is 5.94. The van der Waals surface area contributed by atoms with Gasteiger partial charge in [0.25, 0.3) is 0 Å². The molecule has 2 heteroatoms. The average molecular weight is 276 g/mol. The van der Waals surface area contributed by atoms with E-state index in [1.807, 2.05) is 6.07 Å². The number of pyridine rings is 1. The van der Waals surface area contributed by atoms with E-state index < -0.39 is 0 Å². The normalized spacial score (nSPS) is 10.8. The van der Waals surface area contributed by atoms with Crippen LogP contribution in [0.1, 0.15) is 19.5 Å². The Bertz CT molecular complexity index is 748. The molecule has 21 heavy (non-hydrogen) atoms. The molecule has 3 rings (SSSR count). The third kappa shape index (κ3) is 2.75. The van der Waals surface area contributed by atoms with Crippen molar-refractivity contribution in [1.29, 1.82) is 0 Å². The maximum atomic E-state index is 4.73. The van der Waals surface area contributed by atoms with Crippen molar-refractivity contribution in [3.63, 3.8) is 0 Å². The summed E-state index contributed by atoms with van der Waals surface area (Å²) < 4.78 is 0. The Morgan fingerprint density at radius 1 is 0.905 bits per heavy atom. The van der Waals surface area contributed by atoms with Crippen molar-refractivity contribution in [2.24, 2.45) is 0 Å². The van der Waals surface area contributed by atoms with Gasteiger partial charge in [0, 0.05) is 23.3 Å². The van der Waals surface area contributed by atoms with E-state index in [9.17, 15) is 0 Å². The van der Waals surface area contributed by atoms with Crippen LogP contribution >= 0.6 is 0 Å². The Morgan fingerprint density at radius 2 is 1.71 bits per heavy atom. The second-order valence-corrected chi connectivity index (χ2v) is 5.14. The topological polar surface area (TPSA) is 24.9 Å². The Balaban J connectivity index is 2.18. The van der Waals surface area contributed by atoms with Crippen LogP contribution in [0.25, 0.3) is 22.0 Å². The summed E-state index contributed by atoms with van der Waals surface area (Å²) in [6.07, 6.45) is 0.953. The third-order valence-electron chi connectivity index (χ3n) is 3.70. The van der Waals surface area contributed by atoms with Crippen LogP contribution in [0.4, 0.5) is 5.69 Å². The van der Waals surface area contributed by atoms with Gasteiger partial charge in [0.1, 0.15) is 0 Å². The van der Waals surface area contributed by atoms with Crippen molar-refractivity contribution in [1.82, 2.24) is 4.98 Å². The standard InChI is InChI=1S/C19H20N2/c1-3-16-13-19(20-4-2)17-12-15(10-11-18(17)21-16)14-8-6-5-7-9-14/h5-13H,3-4H2,1-2H3,(H,20,21). The summed E-state index contributed by atoms with van der Waals surface area (Å²) in [4.78, 5) is 4.73. The Labute approximate surface area is 125 Å². The Hall–Kier alpha value is -2.35. The lowest BCUT2D eigenvalue weighted by Crippen LogP contribution is -2.00. The highest BCUT2D eigenvalue weighted by atomic mass is 14.9. The fourth-order valence-corrected chi connectivity index (χ4v) is 2.61. The molecule has 2 aromatic carbocycles. The zero-order valence-corrected chi connectivity index (χ0v) is 12.6.